The van der Waals surface area contributed by atoms with Crippen LogP contribution in [0, 0.1) is 0 Å². The van der Waals surface area contributed by atoms with Gasteiger partial charge in [0.1, 0.15) is 5.75 Å². The van der Waals surface area contributed by atoms with Crippen LogP contribution in [0.3, 0.4) is 0 Å². The summed E-state index contributed by atoms with van der Waals surface area (Å²) in [5, 5.41) is 10.3. The number of phenols is 1. The molecule has 3 aromatic heterocycles. The molecule has 0 fully saturated rings. The Morgan fingerprint density at radius 2 is 1.37 bits per heavy atom. The predicted octanol–water partition coefficient (Wildman–Crippen LogP) is 11.3. The molecule has 1 aliphatic carbocycles. The molecule has 0 radical (unpaired) electrons. The first kappa shape index (κ1) is 32.6. The number of hydrogen-bond acceptors (Lipinski definition) is 4. The molecule has 1 aromatic carbocycles. The Kier molecular flexibility index (Phi) is 10.3. The quantitative estimate of drug-likeness (QED) is 0.109. The van der Waals surface area contributed by atoms with Gasteiger partial charge in [-0.1, -0.05) is 88.7 Å². The SMILES string of the molecule is CCCCCCCCCCCOC1C=CC=C(c2c3nc(cc4nc(c(-c5cccc(O)c5)c5ccc(cc6ccc2[nH]6)[nH]5)C=C4)C=C3)C1. The van der Waals surface area contributed by atoms with E-state index in [1.807, 2.05) is 30.4 Å². The van der Waals surface area contributed by atoms with Crippen molar-refractivity contribution in [1.82, 2.24) is 19.9 Å². The maximum atomic E-state index is 10.3. The van der Waals surface area contributed by atoms with Crippen molar-refractivity contribution in [2.24, 2.45) is 0 Å². The summed E-state index contributed by atoms with van der Waals surface area (Å²) in [5.74, 6) is 0.216. The monoisotopic (exact) mass is 650 g/mol. The van der Waals surface area contributed by atoms with E-state index in [1.54, 1.807) is 12.1 Å². The minimum atomic E-state index is 0.0464. The van der Waals surface area contributed by atoms with E-state index < -0.39 is 0 Å². The van der Waals surface area contributed by atoms with Crippen LogP contribution in [-0.4, -0.2) is 37.8 Å². The molecule has 0 amide bonds. The van der Waals surface area contributed by atoms with Crippen molar-refractivity contribution >= 4 is 51.9 Å². The third kappa shape index (κ3) is 8.03. The Morgan fingerprint density at radius 3 is 2.06 bits per heavy atom. The molecule has 0 saturated heterocycles. The van der Waals surface area contributed by atoms with Gasteiger partial charge in [-0.15, -0.1) is 0 Å². The number of ether oxygens (including phenoxy) is 1. The molecular weight excluding hydrogens is 604 g/mol. The second-order valence-corrected chi connectivity index (χ2v) is 13.3. The van der Waals surface area contributed by atoms with Crippen LogP contribution in [0.25, 0.3) is 63.1 Å². The summed E-state index contributed by atoms with van der Waals surface area (Å²) in [6.07, 6.45) is 27.4. The lowest BCUT2D eigenvalue weighted by molar-refractivity contribution is 0.0846. The Morgan fingerprint density at radius 1 is 0.714 bits per heavy atom. The maximum absolute atomic E-state index is 10.3. The number of H-pyrrole nitrogens is 2. The average molecular weight is 651 g/mol. The summed E-state index contributed by atoms with van der Waals surface area (Å²) >= 11 is 0. The van der Waals surface area contributed by atoms with Gasteiger partial charge < -0.3 is 19.8 Å². The van der Waals surface area contributed by atoms with Gasteiger partial charge in [-0.05, 0) is 90.4 Å². The number of aromatic amines is 2. The molecule has 5 heterocycles. The molecule has 1 unspecified atom stereocenters. The van der Waals surface area contributed by atoms with Gasteiger partial charge in [0.05, 0.1) is 28.9 Å². The van der Waals surface area contributed by atoms with E-state index in [2.05, 4.69) is 77.6 Å². The Bertz CT molecular complexity index is 2080. The second kappa shape index (κ2) is 15.5. The van der Waals surface area contributed by atoms with E-state index in [4.69, 9.17) is 14.7 Å². The zero-order chi connectivity index (χ0) is 33.4. The number of unbranched alkanes of at least 4 members (excludes halogenated alkanes) is 8. The Labute approximate surface area is 289 Å². The Balaban J connectivity index is 1.18. The zero-order valence-corrected chi connectivity index (χ0v) is 28.4. The molecule has 8 bridgehead atoms. The summed E-state index contributed by atoms with van der Waals surface area (Å²) in [6.45, 7) is 3.07. The van der Waals surface area contributed by atoms with Gasteiger partial charge >= 0.3 is 0 Å². The molecule has 2 aliphatic heterocycles. The van der Waals surface area contributed by atoms with Crippen LogP contribution in [0.5, 0.6) is 5.75 Å². The van der Waals surface area contributed by atoms with E-state index in [0.29, 0.717) is 0 Å². The number of nitrogens with one attached hydrogen (secondary N) is 2. The van der Waals surface area contributed by atoms with Crippen molar-refractivity contribution in [1.29, 1.82) is 0 Å². The summed E-state index contributed by atoms with van der Waals surface area (Å²) in [6, 6.07) is 19.9. The number of fused-ring (bicyclic) bond motifs is 8. The van der Waals surface area contributed by atoms with Crippen molar-refractivity contribution in [2.45, 2.75) is 77.2 Å². The van der Waals surface area contributed by atoms with Gasteiger partial charge in [-0.2, -0.15) is 0 Å². The fourth-order valence-electron chi connectivity index (χ4n) is 6.97. The Hall–Kier alpha value is -4.94. The third-order valence-electron chi connectivity index (χ3n) is 9.48. The number of benzene rings is 1. The van der Waals surface area contributed by atoms with Crippen LogP contribution in [0.2, 0.25) is 0 Å². The molecule has 49 heavy (non-hydrogen) atoms. The molecular formula is C43H46N4O2. The highest BCUT2D eigenvalue weighted by Gasteiger charge is 2.19. The fourth-order valence-corrected chi connectivity index (χ4v) is 6.97. The topological polar surface area (TPSA) is 86.8 Å². The fraction of sp³-hybridized carbons (Fsp3) is 0.302. The molecule has 3 N–H and O–H groups in total. The molecule has 6 heteroatoms. The average Bonchev–Trinajstić information content (AvgIpc) is 3.93. The molecule has 6 nitrogen and oxygen atoms in total. The van der Waals surface area contributed by atoms with Gasteiger partial charge in [0.25, 0.3) is 0 Å². The van der Waals surface area contributed by atoms with Crippen LogP contribution in [0.4, 0.5) is 0 Å². The minimum absolute atomic E-state index is 0.0464. The molecule has 3 aliphatic rings. The predicted molar refractivity (Wildman–Crippen MR) is 205 cm³/mol. The number of nitrogens with zero attached hydrogens (tertiary/aromatic N) is 2. The van der Waals surface area contributed by atoms with Crippen LogP contribution in [0.15, 0.2) is 78.9 Å². The molecule has 250 valence electrons. The van der Waals surface area contributed by atoms with Gasteiger partial charge in [0.15, 0.2) is 0 Å². The lowest BCUT2D eigenvalue weighted by atomic mass is 9.94. The van der Waals surface area contributed by atoms with Crippen LogP contribution >= 0.6 is 0 Å². The standard InChI is InChI=1S/C43H46N4O2/c1-2-3-4-5-6-7-8-9-10-25-49-37-16-12-14-31(27-37)43-40-23-19-34(46-40)28-32-17-21-38(44-32)42(30-13-11-15-36(48)26-30)39-22-18-33(45-39)29-35-20-24-41(43)47-35/h11-24,26,28-29,37,44,46,48H,2-10,25,27H2,1H3. The largest absolute Gasteiger partial charge is 0.508 e. The molecule has 4 aromatic rings. The number of allylic oxidation sites excluding steroid dienone is 2. The molecule has 0 spiro atoms. The normalized spacial score (nSPS) is 15.2. The molecule has 1 atom stereocenters. The first-order chi connectivity index (χ1) is 24.1. The van der Waals surface area contributed by atoms with E-state index in [-0.39, 0.29) is 11.9 Å². The second-order valence-electron chi connectivity index (χ2n) is 13.3. The van der Waals surface area contributed by atoms with E-state index in [0.717, 1.165) is 81.0 Å². The van der Waals surface area contributed by atoms with Crippen molar-refractivity contribution in [2.75, 3.05) is 6.61 Å². The number of rotatable bonds is 13. The van der Waals surface area contributed by atoms with Gasteiger partial charge in [-0.25, -0.2) is 9.97 Å². The molecule has 7 rings (SSSR count). The highest BCUT2D eigenvalue weighted by Crippen LogP contribution is 2.34. The zero-order valence-electron chi connectivity index (χ0n) is 28.4. The highest BCUT2D eigenvalue weighted by atomic mass is 16.5. The van der Waals surface area contributed by atoms with Gasteiger partial charge in [0, 0.05) is 46.2 Å². The van der Waals surface area contributed by atoms with E-state index in [9.17, 15) is 5.11 Å². The smallest absolute Gasteiger partial charge is 0.116 e. The maximum Gasteiger partial charge on any atom is 0.116 e. The van der Waals surface area contributed by atoms with Crippen molar-refractivity contribution in [3.8, 4) is 16.9 Å². The lowest BCUT2D eigenvalue weighted by Gasteiger charge is -2.20. The van der Waals surface area contributed by atoms with Crippen LogP contribution < -0.4 is 0 Å². The van der Waals surface area contributed by atoms with Gasteiger partial charge in [0.2, 0.25) is 0 Å². The highest BCUT2D eigenvalue weighted by molar-refractivity contribution is 5.92. The minimum Gasteiger partial charge on any atom is -0.508 e. The molecule has 0 saturated carbocycles. The first-order valence-corrected chi connectivity index (χ1v) is 18.0. The summed E-state index contributed by atoms with van der Waals surface area (Å²) in [7, 11) is 0. The number of phenolic OH excluding ortho intramolecular Hbond substituents is 1. The lowest BCUT2D eigenvalue weighted by Crippen LogP contribution is -2.14. The summed E-state index contributed by atoms with van der Waals surface area (Å²) in [4.78, 5) is 17.4. The van der Waals surface area contributed by atoms with Crippen molar-refractivity contribution in [3.05, 3.63) is 107 Å². The van der Waals surface area contributed by atoms with E-state index in [1.165, 1.54) is 56.9 Å². The third-order valence-corrected chi connectivity index (χ3v) is 9.48. The van der Waals surface area contributed by atoms with Crippen LogP contribution in [-0.2, 0) is 4.74 Å². The van der Waals surface area contributed by atoms with Crippen molar-refractivity contribution in [3.63, 3.8) is 0 Å². The number of aromatic nitrogens is 4. The summed E-state index contributed by atoms with van der Waals surface area (Å²) < 4.78 is 6.40. The van der Waals surface area contributed by atoms with Crippen LogP contribution in [0.1, 0.15) is 99.5 Å². The van der Waals surface area contributed by atoms with E-state index >= 15 is 0 Å². The van der Waals surface area contributed by atoms with Gasteiger partial charge in [-0.3, -0.25) is 0 Å². The summed E-state index contributed by atoms with van der Waals surface area (Å²) in [5.41, 5.74) is 11.4. The van der Waals surface area contributed by atoms with Crippen molar-refractivity contribution < 1.29 is 9.84 Å². The number of aromatic hydroxyl groups is 1. The first-order valence-electron chi connectivity index (χ1n) is 18.0. The number of hydrogen-bond donors (Lipinski definition) is 3.